The summed E-state index contributed by atoms with van der Waals surface area (Å²) >= 11 is 0. The Labute approximate surface area is 202 Å². The third kappa shape index (κ3) is 6.23. The molecule has 3 rings (SSSR count). The molecule has 0 aromatic heterocycles. The van der Waals surface area contributed by atoms with Crippen LogP contribution < -0.4 is 10.6 Å². The normalized spacial score (nSPS) is 15.2. The number of carbonyl (C=O) groups is 3. The summed E-state index contributed by atoms with van der Waals surface area (Å²) in [7, 11) is 0. The van der Waals surface area contributed by atoms with E-state index in [-0.39, 0.29) is 30.2 Å². The molecule has 2 N–H and O–H groups in total. The first-order valence-electron chi connectivity index (χ1n) is 11.9. The zero-order valence-corrected chi connectivity index (χ0v) is 20.9. The Morgan fingerprint density at radius 3 is 2.18 bits per heavy atom. The second kappa shape index (κ2) is 11.3. The number of carbonyl (C=O) groups excluding carboxylic acids is 3. The third-order valence-electron chi connectivity index (χ3n) is 6.54. The minimum Gasteiger partial charge on any atom is -0.340 e. The summed E-state index contributed by atoms with van der Waals surface area (Å²) in [5, 5.41) is 5.94. The van der Waals surface area contributed by atoms with E-state index in [2.05, 4.69) is 15.5 Å². The van der Waals surface area contributed by atoms with E-state index in [1.54, 1.807) is 11.0 Å². The lowest BCUT2D eigenvalue weighted by atomic mass is 10.0. The number of benzene rings is 2. The van der Waals surface area contributed by atoms with Gasteiger partial charge in [0, 0.05) is 37.4 Å². The Balaban J connectivity index is 1.54. The highest BCUT2D eigenvalue weighted by Crippen LogP contribution is 2.18. The fourth-order valence-corrected chi connectivity index (χ4v) is 4.16. The van der Waals surface area contributed by atoms with Gasteiger partial charge in [-0.15, -0.1) is 0 Å². The van der Waals surface area contributed by atoms with Crippen LogP contribution >= 0.6 is 0 Å². The van der Waals surface area contributed by atoms with Gasteiger partial charge in [-0.3, -0.25) is 19.3 Å². The molecule has 2 aromatic carbocycles. The van der Waals surface area contributed by atoms with Crippen molar-refractivity contribution in [2.45, 2.75) is 40.7 Å². The van der Waals surface area contributed by atoms with E-state index in [0.29, 0.717) is 31.7 Å². The van der Waals surface area contributed by atoms with Gasteiger partial charge in [-0.1, -0.05) is 44.2 Å². The number of nitrogens with one attached hydrogen (secondary N) is 2. The standard InChI is InChI=1S/C27H36N4O3/c1-18(2)25(29-26(33)22-11-7-6-9-20(22)4)27(34)31-15-13-30(14-16-31)17-24(32)28-23-12-8-10-19(3)21(23)5/h6-12,18,25H,13-17H2,1-5H3,(H,28,32)(H,29,33). The minimum atomic E-state index is -0.591. The zero-order valence-electron chi connectivity index (χ0n) is 20.9. The summed E-state index contributed by atoms with van der Waals surface area (Å²) in [6, 6.07) is 12.6. The molecule has 1 fully saturated rings. The lowest BCUT2D eigenvalue weighted by molar-refractivity contribution is -0.136. The van der Waals surface area contributed by atoms with E-state index in [1.807, 2.05) is 71.0 Å². The van der Waals surface area contributed by atoms with Gasteiger partial charge < -0.3 is 15.5 Å². The zero-order chi connectivity index (χ0) is 24.8. The van der Waals surface area contributed by atoms with Gasteiger partial charge in [-0.25, -0.2) is 0 Å². The number of rotatable bonds is 7. The van der Waals surface area contributed by atoms with E-state index in [4.69, 9.17) is 0 Å². The molecule has 0 aliphatic carbocycles. The number of hydrogen-bond donors (Lipinski definition) is 2. The van der Waals surface area contributed by atoms with Gasteiger partial charge in [-0.05, 0) is 55.5 Å². The molecule has 0 radical (unpaired) electrons. The molecule has 0 saturated carbocycles. The summed E-state index contributed by atoms with van der Waals surface area (Å²) in [6.07, 6.45) is 0. The van der Waals surface area contributed by atoms with Crippen molar-refractivity contribution in [3.63, 3.8) is 0 Å². The van der Waals surface area contributed by atoms with Crippen LogP contribution in [-0.4, -0.2) is 66.3 Å². The summed E-state index contributed by atoms with van der Waals surface area (Å²) in [6.45, 7) is 12.4. The summed E-state index contributed by atoms with van der Waals surface area (Å²) in [5.41, 5.74) is 4.50. The highest BCUT2D eigenvalue weighted by atomic mass is 16.2. The Bertz CT molecular complexity index is 1040. The lowest BCUT2D eigenvalue weighted by Crippen LogP contribution is -2.57. The van der Waals surface area contributed by atoms with Gasteiger partial charge in [0.25, 0.3) is 5.91 Å². The molecule has 7 heteroatoms. The molecule has 1 aliphatic rings. The predicted molar refractivity (Wildman–Crippen MR) is 135 cm³/mol. The maximum atomic E-state index is 13.2. The van der Waals surface area contributed by atoms with E-state index in [1.165, 1.54) is 0 Å². The molecular formula is C27H36N4O3. The molecule has 1 saturated heterocycles. The smallest absolute Gasteiger partial charge is 0.252 e. The van der Waals surface area contributed by atoms with Crippen LogP contribution in [0.25, 0.3) is 0 Å². The van der Waals surface area contributed by atoms with Crippen LogP contribution in [0, 0.1) is 26.7 Å². The predicted octanol–water partition coefficient (Wildman–Crippen LogP) is 3.15. The number of nitrogens with zero attached hydrogens (tertiary/aromatic N) is 2. The molecule has 182 valence electrons. The molecule has 1 unspecified atom stereocenters. The van der Waals surface area contributed by atoms with Gasteiger partial charge in [0.15, 0.2) is 0 Å². The van der Waals surface area contributed by atoms with Crippen LogP contribution in [0.5, 0.6) is 0 Å². The Morgan fingerprint density at radius 1 is 0.882 bits per heavy atom. The van der Waals surface area contributed by atoms with E-state index in [9.17, 15) is 14.4 Å². The third-order valence-corrected chi connectivity index (χ3v) is 6.54. The minimum absolute atomic E-state index is 0.0400. The molecule has 0 bridgehead atoms. The average Bonchev–Trinajstić information content (AvgIpc) is 2.80. The fraction of sp³-hybridized carbons (Fsp3) is 0.444. The second-order valence-corrected chi connectivity index (χ2v) is 9.41. The molecule has 7 nitrogen and oxygen atoms in total. The molecule has 2 aromatic rings. The summed E-state index contributed by atoms with van der Waals surface area (Å²) < 4.78 is 0. The monoisotopic (exact) mass is 464 g/mol. The molecule has 1 atom stereocenters. The summed E-state index contributed by atoms with van der Waals surface area (Å²) in [5.74, 6) is -0.399. The van der Waals surface area contributed by atoms with Gasteiger partial charge in [-0.2, -0.15) is 0 Å². The number of amides is 3. The Hall–Kier alpha value is -3.19. The van der Waals surface area contributed by atoms with Gasteiger partial charge >= 0.3 is 0 Å². The van der Waals surface area contributed by atoms with Crippen LogP contribution in [0.4, 0.5) is 5.69 Å². The van der Waals surface area contributed by atoms with Crippen LogP contribution in [0.2, 0.25) is 0 Å². The number of piperazine rings is 1. The molecule has 1 heterocycles. The lowest BCUT2D eigenvalue weighted by Gasteiger charge is -2.37. The van der Waals surface area contributed by atoms with E-state index in [0.717, 1.165) is 22.4 Å². The van der Waals surface area contributed by atoms with E-state index < -0.39 is 6.04 Å². The average molecular weight is 465 g/mol. The maximum Gasteiger partial charge on any atom is 0.252 e. The molecular weight excluding hydrogens is 428 g/mol. The quantitative estimate of drug-likeness (QED) is 0.660. The van der Waals surface area contributed by atoms with Crippen LogP contribution in [0.15, 0.2) is 42.5 Å². The van der Waals surface area contributed by atoms with Crippen molar-refractivity contribution < 1.29 is 14.4 Å². The molecule has 1 aliphatic heterocycles. The van der Waals surface area contributed by atoms with Crippen molar-refractivity contribution in [3.8, 4) is 0 Å². The van der Waals surface area contributed by atoms with Gasteiger partial charge in [0.05, 0.1) is 6.54 Å². The van der Waals surface area contributed by atoms with Crippen molar-refractivity contribution in [2.24, 2.45) is 5.92 Å². The second-order valence-electron chi connectivity index (χ2n) is 9.41. The van der Waals surface area contributed by atoms with Crippen LogP contribution in [0.3, 0.4) is 0 Å². The first-order valence-corrected chi connectivity index (χ1v) is 11.9. The van der Waals surface area contributed by atoms with E-state index >= 15 is 0 Å². The van der Waals surface area contributed by atoms with Crippen molar-refractivity contribution >= 4 is 23.4 Å². The largest absolute Gasteiger partial charge is 0.340 e. The number of aryl methyl sites for hydroxylation is 2. The first-order chi connectivity index (χ1) is 16.2. The van der Waals surface area contributed by atoms with Crippen LogP contribution in [-0.2, 0) is 9.59 Å². The van der Waals surface area contributed by atoms with Crippen molar-refractivity contribution in [3.05, 3.63) is 64.7 Å². The molecule has 34 heavy (non-hydrogen) atoms. The molecule has 0 spiro atoms. The van der Waals surface area contributed by atoms with Crippen molar-refractivity contribution in [1.82, 2.24) is 15.1 Å². The van der Waals surface area contributed by atoms with Crippen LogP contribution in [0.1, 0.15) is 40.9 Å². The number of anilines is 1. The highest BCUT2D eigenvalue weighted by Gasteiger charge is 2.31. The van der Waals surface area contributed by atoms with Gasteiger partial charge in [0.1, 0.15) is 6.04 Å². The summed E-state index contributed by atoms with van der Waals surface area (Å²) in [4.78, 5) is 42.5. The van der Waals surface area contributed by atoms with Crippen molar-refractivity contribution in [1.29, 1.82) is 0 Å². The van der Waals surface area contributed by atoms with Crippen molar-refractivity contribution in [2.75, 3.05) is 38.0 Å². The maximum absolute atomic E-state index is 13.2. The fourth-order valence-electron chi connectivity index (χ4n) is 4.16. The SMILES string of the molecule is Cc1ccccc1C(=O)NC(C(=O)N1CCN(CC(=O)Nc2cccc(C)c2C)CC1)C(C)C. The Kier molecular flexibility index (Phi) is 8.45. The first kappa shape index (κ1) is 25.4. The van der Waals surface area contributed by atoms with Gasteiger partial charge in [0.2, 0.25) is 11.8 Å². The number of hydrogen-bond acceptors (Lipinski definition) is 4. The topological polar surface area (TPSA) is 81.8 Å². The Morgan fingerprint density at radius 2 is 1.53 bits per heavy atom. The highest BCUT2D eigenvalue weighted by molar-refractivity contribution is 5.98. The molecule has 3 amide bonds.